The molecule has 0 radical (unpaired) electrons. The standard InChI is InChI=1S/C11H17N3O/c1-9(15)14-7-3-5-11(2,8-14)10-4-6-12-13-10/h4,6H,3,5,7-8H2,1-2H3,(H,12,13). The number of nitrogens with zero attached hydrogens (tertiary/aromatic N) is 2. The Kier molecular flexibility index (Phi) is 2.50. The second kappa shape index (κ2) is 3.68. The van der Waals surface area contributed by atoms with E-state index in [9.17, 15) is 4.79 Å². The maximum absolute atomic E-state index is 11.4. The summed E-state index contributed by atoms with van der Waals surface area (Å²) in [5.74, 6) is 0.167. The number of hydrogen-bond donors (Lipinski definition) is 1. The van der Waals surface area contributed by atoms with E-state index in [4.69, 9.17) is 0 Å². The molecule has 2 heterocycles. The van der Waals surface area contributed by atoms with Crippen LogP contribution in [0.2, 0.25) is 0 Å². The third-order valence-corrected chi connectivity index (χ3v) is 3.29. The van der Waals surface area contributed by atoms with Gasteiger partial charge in [-0.15, -0.1) is 0 Å². The summed E-state index contributed by atoms with van der Waals surface area (Å²) in [6, 6.07) is 2.00. The lowest BCUT2D eigenvalue weighted by atomic mass is 9.79. The molecule has 1 atom stereocenters. The first kappa shape index (κ1) is 10.2. The Morgan fingerprint density at radius 3 is 3.07 bits per heavy atom. The van der Waals surface area contributed by atoms with Gasteiger partial charge in [0.25, 0.3) is 0 Å². The van der Waals surface area contributed by atoms with E-state index >= 15 is 0 Å². The predicted molar refractivity (Wildman–Crippen MR) is 57.4 cm³/mol. The number of rotatable bonds is 1. The van der Waals surface area contributed by atoms with Gasteiger partial charge < -0.3 is 4.90 Å². The summed E-state index contributed by atoms with van der Waals surface area (Å²) in [4.78, 5) is 13.3. The molecule has 0 bridgehead atoms. The van der Waals surface area contributed by atoms with Crippen molar-refractivity contribution in [2.24, 2.45) is 0 Å². The first-order valence-electron chi connectivity index (χ1n) is 5.37. The Hall–Kier alpha value is -1.32. The first-order valence-corrected chi connectivity index (χ1v) is 5.37. The molecule has 1 fully saturated rings. The molecule has 4 nitrogen and oxygen atoms in total. The van der Waals surface area contributed by atoms with Gasteiger partial charge >= 0.3 is 0 Å². The van der Waals surface area contributed by atoms with Gasteiger partial charge in [0.2, 0.25) is 5.91 Å². The first-order chi connectivity index (χ1) is 7.12. The van der Waals surface area contributed by atoms with Crippen molar-refractivity contribution < 1.29 is 4.79 Å². The van der Waals surface area contributed by atoms with Crippen LogP contribution in [0.5, 0.6) is 0 Å². The maximum atomic E-state index is 11.4. The maximum Gasteiger partial charge on any atom is 0.219 e. The fourth-order valence-corrected chi connectivity index (χ4v) is 2.32. The smallest absolute Gasteiger partial charge is 0.219 e. The van der Waals surface area contributed by atoms with Crippen molar-refractivity contribution in [3.8, 4) is 0 Å². The molecule has 1 aromatic heterocycles. The van der Waals surface area contributed by atoms with Crippen LogP contribution in [-0.2, 0) is 10.2 Å². The monoisotopic (exact) mass is 207 g/mol. The summed E-state index contributed by atoms with van der Waals surface area (Å²) in [5, 5.41) is 7.00. The predicted octanol–water partition coefficient (Wildman–Crippen LogP) is 1.31. The number of piperidine rings is 1. The Labute approximate surface area is 89.7 Å². The summed E-state index contributed by atoms with van der Waals surface area (Å²) in [5.41, 5.74) is 1.17. The summed E-state index contributed by atoms with van der Waals surface area (Å²) < 4.78 is 0. The van der Waals surface area contributed by atoms with Crippen molar-refractivity contribution in [3.63, 3.8) is 0 Å². The number of aromatic nitrogens is 2. The van der Waals surface area contributed by atoms with Gasteiger partial charge in [0, 0.05) is 37.3 Å². The Morgan fingerprint density at radius 2 is 2.47 bits per heavy atom. The van der Waals surface area contributed by atoms with E-state index in [1.165, 1.54) is 0 Å². The average Bonchev–Trinajstić information content (AvgIpc) is 2.71. The summed E-state index contributed by atoms with van der Waals surface area (Å²) in [6.45, 7) is 5.51. The molecule has 15 heavy (non-hydrogen) atoms. The second-order valence-electron chi connectivity index (χ2n) is 4.58. The lowest BCUT2D eigenvalue weighted by Gasteiger charge is -2.39. The number of likely N-dealkylation sites (tertiary alicyclic amines) is 1. The molecule has 1 aromatic rings. The molecule has 1 N–H and O–H groups in total. The zero-order chi connectivity index (χ0) is 10.9. The molecule has 4 heteroatoms. The SMILES string of the molecule is CC(=O)N1CCCC(C)(c2ccn[nH]2)C1. The van der Waals surface area contributed by atoms with E-state index < -0.39 is 0 Å². The molecule has 1 aliphatic heterocycles. The highest BCUT2D eigenvalue weighted by atomic mass is 16.2. The van der Waals surface area contributed by atoms with Crippen LogP contribution in [-0.4, -0.2) is 34.1 Å². The van der Waals surface area contributed by atoms with Crippen molar-refractivity contribution >= 4 is 5.91 Å². The highest BCUT2D eigenvalue weighted by Crippen LogP contribution is 2.32. The highest BCUT2D eigenvalue weighted by molar-refractivity contribution is 5.73. The van der Waals surface area contributed by atoms with Gasteiger partial charge in [0.05, 0.1) is 0 Å². The number of H-pyrrole nitrogens is 1. The van der Waals surface area contributed by atoms with Gasteiger partial charge in [-0.2, -0.15) is 5.10 Å². The third kappa shape index (κ3) is 1.89. The van der Waals surface area contributed by atoms with Crippen LogP contribution in [0.15, 0.2) is 12.3 Å². The Bertz CT molecular complexity index is 347. The Morgan fingerprint density at radius 1 is 1.67 bits per heavy atom. The molecular weight excluding hydrogens is 190 g/mol. The zero-order valence-electron chi connectivity index (χ0n) is 9.29. The van der Waals surface area contributed by atoms with Crippen LogP contribution in [0.25, 0.3) is 0 Å². The number of hydrogen-bond acceptors (Lipinski definition) is 2. The van der Waals surface area contributed by atoms with Crippen molar-refractivity contribution in [2.45, 2.75) is 32.1 Å². The quantitative estimate of drug-likeness (QED) is 0.754. The van der Waals surface area contributed by atoms with Crippen molar-refractivity contribution in [3.05, 3.63) is 18.0 Å². The summed E-state index contributed by atoms with van der Waals surface area (Å²) in [7, 11) is 0. The van der Waals surface area contributed by atoms with Gasteiger partial charge in [-0.3, -0.25) is 9.89 Å². The number of amides is 1. The second-order valence-corrected chi connectivity index (χ2v) is 4.58. The molecule has 2 rings (SSSR count). The molecule has 0 saturated carbocycles. The molecule has 1 unspecified atom stereocenters. The highest BCUT2D eigenvalue weighted by Gasteiger charge is 2.34. The number of carbonyl (C=O) groups excluding carboxylic acids is 1. The third-order valence-electron chi connectivity index (χ3n) is 3.29. The number of nitrogens with one attached hydrogen (secondary N) is 1. The minimum Gasteiger partial charge on any atom is -0.342 e. The van der Waals surface area contributed by atoms with Crippen LogP contribution in [0.3, 0.4) is 0 Å². The lowest BCUT2D eigenvalue weighted by Crippen LogP contribution is -2.46. The normalized spacial score (nSPS) is 26.7. The average molecular weight is 207 g/mol. The van der Waals surface area contributed by atoms with Crippen molar-refractivity contribution in [1.29, 1.82) is 0 Å². The molecule has 82 valence electrons. The van der Waals surface area contributed by atoms with E-state index in [0.717, 1.165) is 31.6 Å². The summed E-state index contributed by atoms with van der Waals surface area (Å²) in [6.07, 6.45) is 3.95. The molecule has 0 aromatic carbocycles. The van der Waals surface area contributed by atoms with Gasteiger partial charge in [-0.05, 0) is 18.9 Å². The fourth-order valence-electron chi connectivity index (χ4n) is 2.32. The van der Waals surface area contributed by atoms with E-state index in [-0.39, 0.29) is 11.3 Å². The van der Waals surface area contributed by atoms with E-state index in [2.05, 4.69) is 17.1 Å². The van der Waals surface area contributed by atoms with Crippen LogP contribution >= 0.6 is 0 Å². The van der Waals surface area contributed by atoms with E-state index in [0.29, 0.717) is 0 Å². The fraction of sp³-hybridized carbons (Fsp3) is 0.636. The minimum absolute atomic E-state index is 0.0421. The Balaban J connectivity index is 2.18. The molecule has 0 aliphatic carbocycles. The topological polar surface area (TPSA) is 49.0 Å². The zero-order valence-corrected chi connectivity index (χ0v) is 9.29. The van der Waals surface area contributed by atoms with Crippen LogP contribution in [0.4, 0.5) is 0 Å². The van der Waals surface area contributed by atoms with Crippen molar-refractivity contribution in [1.82, 2.24) is 15.1 Å². The molecular formula is C11H17N3O. The number of carbonyl (C=O) groups is 1. The van der Waals surface area contributed by atoms with E-state index in [1.807, 2.05) is 11.0 Å². The largest absolute Gasteiger partial charge is 0.342 e. The molecule has 1 amide bonds. The molecule has 1 aliphatic rings. The molecule has 0 spiro atoms. The van der Waals surface area contributed by atoms with Crippen LogP contribution in [0, 0.1) is 0 Å². The van der Waals surface area contributed by atoms with Gasteiger partial charge in [-0.1, -0.05) is 6.92 Å². The van der Waals surface area contributed by atoms with Crippen LogP contribution in [0.1, 0.15) is 32.4 Å². The van der Waals surface area contributed by atoms with Gasteiger partial charge in [0.15, 0.2) is 0 Å². The summed E-state index contributed by atoms with van der Waals surface area (Å²) >= 11 is 0. The minimum atomic E-state index is 0.0421. The molecule has 1 saturated heterocycles. The van der Waals surface area contributed by atoms with E-state index in [1.54, 1.807) is 13.1 Å². The van der Waals surface area contributed by atoms with Gasteiger partial charge in [0.1, 0.15) is 0 Å². The lowest BCUT2D eigenvalue weighted by molar-refractivity contribution is -0.130. The number of aromatic amines is 1. The van der Waals surface area contributed by atoms with Gasteiger partial charge in [-0.25, -0.2) is 0 Å². The van der Waals surface area contributed by atoms with Crippen LogP contribution < -0.4 is 0 Å². The van der Waals surface area contributed by atoms with Crippen molar-refractivity contribution in [2.75, 3.05) is 13.1 Å².